The van der Waals surface area contributed by atoms with Crippen LogP contribution in [0.1, 0.15) is 77.5 Å². The number of methoxy groups -OCH3 is 2. The number of hydrogen-bond acceptors (Lipinski definition) is 25. The van der Waals surface area contributed by atoms with E-state index in [9.17, 15) is 38.2 Å². The van der Waals surface area contributed by atoms with Crippen molar-refractivity contribution in [2.24, 2.45) is 0 Å². The lowest BCUT2D eigenvalue weighted by atomic mass is 9.86. The van der Waals surface area contributed by atoms with Crippen molar-refractivity contribution in [1.82, 2.24) is 68.5 Å². The number of fused-ring (bicyclic) bond motifs is 9. The number of aromatic nitrogens is 11. The van der Waals surface area contributed by atoms with Crippen LogP contribution in [-0.4, -0.2) is 256 Å². The molecule has 1 aromatic carbocycles. The number of benzene rings is 1. The molecule has 29 nitrogen and oxygen atoms in total. The number of carbonyl (C=O) groups is 1. The van der Waals surface area contributed by atoms with E-state index in [2.05, 4.69) is 72.9 Å². The third-order valence-electron chi connectivity index (χ3n) is 23.5. The Labute approximate surface area is 721 Å². The molecule has 11 aromatic heterocycles. The molecule has 9 fully saturated rings. The van der Waals surface area contributed by atoms with Crippen molar-refractivity contribution in [3.05, 3.63) is 194 Å². The van der Waals surface area contributed by atoms with E-state index in [1.165, 1.54) is 25.2 Å². The second-order valence-corrected chi connectivity index (χ2v) is 46.1. The number of piperazine rings is 3. The van der Waals surface area contributed by atoms with Crippen LogP contribution in [-0.2, 0) is 38.0 Å². The lowest BCUT2D eigenvalue weighted by Crippen LogP contribution is -2.70. The van der Waals surface area contributed by atoms with Crippen LogP contribution in [0.5, 0.6) is 29.0 Å². The standard InChI is InChI=1S/C31H36N5O4P.C30H36FN6O4P.C30H37N6O4P/c1-31(2,38)20-40-25-14-26(30-27(41(3,4)39)16-33-35(30)19-25)22-10-11-28(32-15-22)34-17-23-13-24(18-34)36(23)29(37)12-21-8-6-5-7-9-21;1-30(2,38)18-41-23-10-24(28-26(42(4,5)39)13-34-37(28)17-23)20-6-7-27(32-12-20)35-15-21-9-22(16-35)36(21)14-19-8-25(31)29(40-3)33-11-19;1-30(2,37)19-40-24-11-25(29-26(41(4,5)38)14-33-36(29)18-24)21-7-8-27(31-13-21)34-16-22-10-23(17-34)35(22)15-20-6-9-28(39-3)32-12-20/h5-11,14-16,19,23-24,38H,12-13,17-18,20H2,1-4H3;6-8,10-13,17,21-22,38H,9,14-16,18H2,1-5H3;6-9,11-14,18,22-23,37H,10,15-17,19H2,1-5H3. The maximum Gasteiger partial charge on any atom is 0.250 e. The van der Waals surface area contributed by atoms with Gasteiger partial charge in [0.1, 0.15) is 75.9 Å². The molecule has 9 saturated heterocycles. The van der Waals surface area contributed by atoms with Crippen LogP contribution in [0.15, 0.2) is 171 Å². The summed E-state index contributed by atoms with van der Waals surface area (Å²) in [6.07, 6.45) is 23.1. The lowest BCUT2D eigenvalue weighted by Gasteiger charge is -2.56. The summed E-state index contributed by atoms with van der Waals surface area (Å²) in [4.78, 5) is 49.9. The molecule has 1 amide bonds. The first-order valence-electron chi connectivity index (χ1n) is 41.8. The Balaban J connectivity index is 0.000000137. The first kappa shape index (κ1) is 86.8. The van der Waals surface area contributed by atoms with Gasteiger partial charge in [-0.15, -0.1) is 0 Å². The predicted molar refractivity (Wildman–Crippen MR) is 481 cm³/mol. The van der Waals surface area contributed by atoms with Crippen LogP contribution in [0.3, 0.4) is 0 Å². The summed E-state index contributed by atoms with van der Waals surface area (Å²) in [7, 11) is -4.79. The zero-order chi connectivity index (χ0) is 87.7. The van der Waals surface area contributed by atoms with Gasteiger partial charge in [0.05, 0.1) is 119 Å². The van der Waals surface area contributed by atoms with Crippen molar-refractivity contribution in [3.63, 3.8) is 0 Å². The van der Waals surface area contributed by atoms with Gasteiger partial charge in [0.2, 0.25) is 17.7 Å². The molecule has 20 heterocycles. The number of hydrogen-bond donors (Lipinski definition) is 3. The first-order valence-corrected chi connectivity index (χ1v) is 49.6. The van der Waals surface area contributed by atoms with Crippen molar-refractivity contribution in [2.75, 3.05) is 128 Å². The smallest absolute Gasteiger partial charge is 0.250 e. The second kappa shape index (κ2) is 34.3. The Bertz CT molecular complexity index is 6010. The summed E-state index contributed by atoms with van der Waals surface area (Å²) in [5.74, 6) is 4.77. The Kier molecular flexibility index (Phi) is 24.1. The van der Waals surface area contributed by atoms with Crippen molar-refractivity contribution < 1.29 is 61.9 Å². The molecule has 652 valence electrons. The van der Waals surface area contributed by atoms with E-state index in [0.717, 1.165) is 137 Å². The second-order valence-electron chi connectivity index (χ2n) is 36.5. The van der Waals surface area contributed by atoms with Crippen molar-refractivity contribution in [1.29, 1.82) is 0 Å². The number of anilines is 3. The van der Waals surface area contributed by atoms with E-state index in [4.69, 9.17) is 38.6 Å². The summed E-state index contributed by atoms with van der Waals surface area (Å²) < 4.78 is 86.5. The summed E-state index contributed by atoms with van der Waals surface area (Å²) in [5.41, 5.74) is 7.46. The predicted octanol–water partition coefficient (Wildman–Crippen LogP) is 11.3. The van der Waals surface area contributed by atoms with E-state index in [1.807, 2.05) is 104 Å². The van der Waals surface area contributed by atoms with Gasteiger partial charge in [0.25, 0.3) is 0 Å². The lowest BCUT2D eigenvalue weighted by molar-refractivity contribution is -0.145. The van der Waals surface area contributed by atoms with Crippen LogP contribution in [0.2, 0.25) is 0 Å². The van der Waals surface area contributed by atoms with Crippen LogP contribution < -0.4 is 54.3 Å². The Morgan fingerprint density at radius 2 is 0.806 bits per heavy atom. The minimum Gasteiger partial charge on any atom is -0.489 e. The number of amides is 1. The number of nitrogens with zero attached hydrogens (tertiary/aromatic N) is 17. The van der Waals surface area contributed by atoms with Crippen LogP contribution in [0, 0.1) is 5.82 Å². The van der Waals surface area contributed by atoms with Gasteiger partial charge in [-0.25, -0.2) is 42.9 Å². The summed E-state index contributed by atoms with van der Waals surface area (Å²) in [5, 5.41) is 46.0. The molecule has 6 unspecified atom stereocenters. The van der Waals surface area contributed by atoms with E-state index < -0.39 is 44.0 Å². The van der Waals surface area contributed by atoms with E-state index >= 15 is 0 Å². The highest BCUT2D eigenvalue weighted by molar-refractivity contribution is 7.71. The Hall–Kier alpha value is -10.7. The topological polar surface area (TPSA) is 311 Å². The Morgan fingerprint density at radius 1 is 0.435 bits per heavy atom. The van der Waals surface area contributed by atoms with Crippen molar-refractivity contribution in [3.8, 4) is 62.4 Å². The average Bonchev–Trinajstić information content (AvgIpc) is 1.69. The number of aliphatic hydroxyl groups is 3. The molecule has 21 rings (SSSR count). The number of piperidine rings is 3. The van der Waals surface area contributed by atoms with Crippen molar-refractivity contribution >= 4 is 77.3 Å². The van der Waals surface area contributed by atoms with E-state index in [1.54, 1.807) is 146 Å². The van der Waals surface area contributed by atoms with E-state index in [0.29, 0.717) is 76.2 Å². The summed E-state index contributed by atoms with van der Waals surface area (Å²) in [6, 6.07) is 35.4. The highest BCUT2D eigenvalue weighted by Gasteiger charge is 2.49. The van der Waals surface area contributed by atoms with Gasteiger partial charge in [0, 0.05) is 147 Å². The number of rotatable bonds is 26. The molecule has 0 radical (unpaired) electrons. The first-order chi connectivity index (χ1) is 58.8. The SMILES string of the molecule is CC(C)(O)COc1cc(-c2ccc(N3CC4CC(C3)N4C(=O)Cc3ccccc3)nc2)c2c(P(C)(C)=O)cnn2c1.COc1ccc(CN2C3CC2CN(c2ccc(-c4cc(OCC(C)(C)O)cn5ncc(P(C)(C)=O)c45)cn2)C3)cn1.COc1ncc(CN2C3CC2CN(c2ccc(-c4cc(OCC(C)(C)O)cn5ncc(P(C)(C)=O)c45)cn2)C3)cc1F. The van der Waals surface area contributed by atoms with Gasteiger partial charge in [-0.05, 0) is 178 Å². The highest BCUT2D eigenvalue weighted by atomic mass is 31.2. The monoisotopic (exact) mass is 1740 g/mol. The largest absolute Gasteiger partial charge is 0.489 e. The molecule has 3 N–H and O–H groups in total. The van der Waals surface area contributed by atoms with Crippen molar-refractivity contribution in [2.45, 2.75) is 133 Å². The molecule has 6 atom stereocenters. The Morgan fingerprint density at radius 3 is 1.14 bits per heavy atom. The quantitative estimate of drug-likeness (QED) is 0.0424. The maximum absolute atomic E-state index is 14.1. The minimum atomic E-state index is -2.62. The highest BCUT2D eigenvalue weighted by Crippen LogP contribution is 2.46. The molecule has 9 aliphatic rings. The summed E-state index contributed by atoms with van der Waals surface area (Å²) in [6.45, 7) is 27.6. The molecule has 33 heteroatoms. The third kappa shape index (κ3) is 19.2. The fourth-order valence-corrected chi connectivity index (χ4v) is 20.6. The fraction of sp³-hybridized carbons (Fsp3) is 0.418. The van der Waals surface area contributed by atoms with E-state index in [-0.39, 0.29) is 43.7 Å². The van der Waals surface area contributed by atoms with Gasteiger partial charge in [-0.1, -0.05) is 36.4 Å². The number of halogens is 1. The molecule has 124 heavy (non-hydrogen) atoms. The zero-order valence-electron chi connectivity index (χ0n) is 72.6. The number of carbonyl (C=O) groups excluding carboxylic acids is 1. The number of ether oxygens (including phenoxy) is 5. The van der Waals surface area contributed by atoms with Crippen LogP contribution >= 0.6 is 21.4 Å². The van der Waals surface area contributed by atoms with Gasteiger partial charge >= 0.3 is 0 Å². The van der Waals surface area contributed by atoms with Gasteiger partial charge in [-0.3, -0.25) is 14.6 Å². The zero-order valence-corrected chi connectivity index (χ0v) is 75.3. The summed E-state index contributed by atoms with van der Waals surface area (Å²) >= 11 is 0. The molecule has 12 aromatic rings. The molecule has 6 bridgehead atoms. The normalized spacial score (nSPS) is 19.1. The van der Waals surface area contributed by atoms with Gasteiger partial charge in [-0.2, -0.15) is 15.3 Å². The molecular weight excluding hydrogens is 1640 g/mol. The van der Waals surface area contributed by atoms with Crippen LogP contribution in [0.4, 0.5) is 21.8 Å². The van der Waals surface area contributed by atoms with Crippen LogP contribution in [0.25, 0.3) is 49.9 Å². The molecular formula is C91H109FN17O12P3. The molecule has 0 aliphatic carbocycles. The van der Waals surface area contributed by atoms with Gasteiger partial charge < -0.3 is 72.3 Å². The molecule has 9 aliphatic heterocycles. The third-order valence-corrected chi connectivity index (χ3v) is 28.0. The molecule has 0 saturated carbocycles. The van der Waals surface area contributed by atoms with Gasteiger partial charge in [0.15, 0.2) is 5.82 Å². The maximum atomic E-state index is 14.1. The minimum absolute atomic E-state index is 0.0141. The fourth-order valence-electron chi connectivity index (χ4n) is 17.4. The average molecular weight is 1740 g/mol. The number of pyridine rings is 8. The molecule has 0 spiro atoms.